The van der Waals surface area contributed by atoms with Gasteiger partial charge >= 0.3 is 6.09 Å². The fraction of sp³-hybridized carbons (Fsp3) is 0.200. The Morgan fingerprint density at radius 2 is 1.84 bits per heavy atom. The van der Waals surface area contributed by atoms with E-state index in [0.29, 0.717) is 10.2 Å². The van der Waals surface area contributed by atoms with E-state index in [-0.39, 0.29) is 5.69 Å². The van der Waals surface area contributed by atoms with Gasteiger partial charge in [-0.05, 0) is 18.2 Å². The first-order valence-electron chi connectivity index (χ1n) is 4.76. The number of benzene rings is 1. The molecule has 0 aromatic heterocycles. The van der Waals surface area contributed by atoms with Crippen molar-refractivity contribution < 1.29 is 14.3 Å². The van der Waals surface area contributed by atoms with Gasteiger partial charge in [0.05, 0.1) is 18.5 Å². The van der Waals surface area contributed by atoms with Gasteiger partial charge in [-0.2, -0.15) is 0 Å². The van der Waals surface area contributed by atoms with Crippen molar-refractivity contribution in [2.75, 3.05) is 17.7 Å². The number of hydrogen-bond acceptors (Lipinski definition) is 3. The van der Waals surface area contributed by atoms with E-state index in [1.807, 2.05) is 0 Å². The van der Waals surface area contributed by atoms with Gasteiger partial charge in [0.25, 0.3) is 9.70 Å². The highest BCUT2D eigenvalue weighted by Gasteiger charge is 2.31. The molecule has 104 valence electrons. The van der Waals surface area contributed by atoms with Crippen LogP contribution in [-0.4, -0.2) is 22.9 Å². The summed E-state index contributed by atoms with van der Waals surface area (Å²) in [6.07, 6.45) is -0.688. The molecular weight excluding hydrogens is 382 g/mol. The number of carbonyl (C=O) groups excluding carboxylic acids is 2. The minimum Gasteiger partial charge on any atom is -0.453 e. The van der Waals surface area contributed by atoms with Gasteiger partial charge < -0.3 is 10.1 Å². The van der Waals surface area contributed by atoms with Gasteiger partial charge in [-0.1, -0.05) is 50.7 Å². The predicted octanol–water partition coefficient (Wildman–Crippen LogP) is 3.94. The van der Waals surface area contributed by atoms with E-state index in [1.165, 1.54) is 7.11 Å². The molecule has 1 aromatic rings. The number of ether oxygens (including phenoxy) is 1. The number of carbonyl (C=O) groups is 2. The van der Waals surface area contributed by atoms with Crippen molar-refractivity contribution in [3.63, 3.8) is 0 Å². The lowest BCUT2D eigenvalue weighted by Crippen LogP contribution is -2.27. The summed E-state index contributed by atoms with van der Waals surface area (Å²) in [5.41, 5.74) is 0.564. The summed E-state index contributed by atoms with van der Waals surface area (Å²) in [5, 5.41) is 4.80. The molecule has 0 unspecified atom stereocenters. The van der Waals surface area contributed by atoms with Crippen LogP contribution in [0, 0.1) is 0 Å². The summed E-state index contributed by atoms with van der Waals surface area (Å²) >= 11 is 19.6. The van der Waals surface area contributed by atoms with Crippen LogP contribution in [0.3, 0.4) is 0 Å². The molecule has 0 aliphatic rings. The molecular formula is C10H8BrCl3N2O3. The first-order chi connectivity index (χ1) is 8.74. The lowest BCUT2D eigenvalue weighted by atomic mass is 10.2. The molecule has 0 bridgehead atoms. The highest BCUT2D eigenvalue weighted by Crippen LogP contribution is 2.31. The average molecular weight is 390 g/mol. The Balaban J connectivity index is 3.01. The zero-order valence-electron chi connectivity index (χ0n) is 9.47. The Labute approximate surface area is 132 Å². The molecule has 2 N–H and O–H groups in total. The first-order valence-corrected chi connectivity index (χ1v) is 6.69. The zero-order valence-corrected chi connectivity index (χ0v) is 13.3. The van der Waals surface area contributed by atoms with Gasteiger partial charge in [-0.3, -0.25) is 10.1 Å². The molecule has 9 heteroatoms. The van der Waals surface area contributed by atoms with E-state index in [0.717, 1.165) is 0 Å². The Morgan fingerprint density at radius 1 is 1.21 bits per heavy atom. The van der Waals surface area contributed by atoms with Crippen molar-refractivity contribution in [2.45, 2.75) is 3.79 Å². The summed E-state index contributed by atoms with van der Waals surface area (Å²) in [5.74, 6) is -0.844. The largest absolute Gasteiger partial charge is 0.453 e. The fourth-order valence-electron chi connectivity index (χ4n) is 1.08. The number of rotatable bonds is 2. The van der Waals surface area contributed by atoms with Gasteiger partial charge in [0, 0.05) is 4.47 Å². The number of methoxy groups -OCH3 is 1. The quantitative estimate of drug-likeness (QED) is 0.752. The summed E-state index contributed by atoms with van der Waals surface area (Å²) in [4.78, 5) is 22.8. The van der Waals surface area contributed by atoms with Gasteiger partial charge in [-0.15, -0.1) is 0 Å². The maximum absolute atomic E-state index is 11.6. The van der Waals surface area contributed by atoms with Crippen molar-refractivity contribution in [2.24, 2.45) is 0 Å². The Kier molecular flexibility index (Phi) is 5.73. The lowest BCUT2D eigenvalue weighted by Gasteiger charge is -2.15. The number of anilines is 2. The van der Waals surface area contributed by atoms with E-state index in [2.05, 4.69) is 31.3 Å². The monoisotopic (exact) mass is 388 g/mol. The van der Waals surface area contributed by atoms with Crippen LogP contribution in [0.1, 0.15) is 0 Å². The number of alkyl halides is 3. The third-order valence-corrected chi connectivity index (χ3v) is 2.92. The van der Waals surface area contributed by atoms with Crippen LogP contribution in [0.4, 0.5) is 16.2 Å². The van der Waals surface area contributed by atoms with E-state index in [1.54, 1.807) is 18.2 Å². The van der Waals surface area contributed by atoms with E-state index in [9.17, 15) is 9.59 Å². The van der Waals surface area contributed by atoms with E-state index >= 15 is 0 Å². The van der Waals surface area contributed by atoms with Crippen molar-refractivity contribution in [1.82, 2.24) is 0 Å². The molecule has 0 fully saturated rings. The van der Waals surface area contributed by atoms with Crippen LogP contribution in [0.5, 0.6) is 0 Å². The fourth-order valence-corrected chi connectivity index (χ4v) is 1.59. The summed E-state index contributed by atoms with van der Waals surface area (Å²) in [6, 6.07) is 4.75. The third kappa shape index (κ3) is 5.06. The van der Waals surface area contributed by atoms with Crippen LogP contribution < -0.4 is 10.6 Å². The SMILES string of the molecule is COC(=O)Nc1ccc(Br)cc1NC(=O)C(Cl)(Cl)Cl. The summed E-state index contributed by atoms with van der Waals surface area (Å²) in [6.45, 7) is 0. The normalized spacial score (nSPS) is 10.8. The molecule has 5 nitrogen and oxygen atoms in total. The average Bonchev–Trinajstić information content (AvgIpc) is 2.31. The standard InChI is InChI=1S/C10H8BrCl3N2O3/c1-19-9(18)16-6-3-2-5(11)4-7(6)15-8(17)10(12,13)14/h2-4H,1H3,(H,15,17)(H,16,18). The number of amides is 2. The molecule has 1 aromatic carbocycles. The Hall–Kier alpha value is -0.690. The molecule has 0 aliphatic carbocycles. The highest BCUT2D eigenvalue weighted by atomic mass is 79.9. The minimum atomic E-state index is -2.11. The van der Waals surface area contributed by atoms with Gasteiger partial charge in [-0.25, -0.2) is 4.79 Å². The van der Waals surface area contributed by atoms with Crippen molar-refractivity contribution in [3.8, 4) is 0 Å². The topological polar surface area (TPSA) is 67.4 Å². The smallest absolute Gasteiger partial charge is 0.411 e. The van der Waals surface area contributed by atoms with E-state index < -0.39 is 15.8 Å². The lowest BCUT2D eigenvalue weighted by molar-refractivity contribution is -0.115. The van der Waals surface area contributed by atoms with Crippen molar-refractivity contribution in [3.05, 3.63) is 22.7 Å². The number of hydrogen-bond donors (Lipinski definition) is 2. The number of nitrogens with one attached hydrogen (secondary N) is 2. The zero-order chi connectivity index (χ0) is 14.6. The summed E-state index contributed by atoms with van der Waals surface area (Å²) in [7, 11) is 1.22. The summed E-state index contributed by atoms with van der Waals surface area (Å²) < 4.78 is 3.02. The second-order valence-corrected chi connectivity index (χ2v) is 6.46. The maximum Gasteiger partial charge on any atom is 0.411 e. The maximum atomic E-state index is 11.6. The van der Waals surface area contributed by atoms with Crippen LogP contribution in [-0.2, 0) is 9.53 Å². The molecule has 0 saturated heterocycles. The molecule has 0 radical (unpaired) electrons. The molecule has 0 atom stereocenters. The molecule has 2 amide bonds. The second-order valence-electron chi connectivity index (χ2n) is 3.26. The Bertz CT molecular complexity index is 505. The number of halogens is 4. The highest BCUT2D eigenvalue weighted by molar-refractivity contribution is 9.10. The minimum absolute atomic E-state index is 0.260. The third-order valence-electron chi connectivity index (χ3n) is 1.91. The first kappa shape index (κ1) is 16.4. The second kappa shape index (κ2) is 6.65. The van der Waals surface area contributed by atoms with Crippen LogP contribution in [0.15, 0.2) is 22.7 Å². The predicted molar refractivity (Wildman–Crippen MR) is 79.1 cm³/mol. The van der Waals surface area contributed by atoms with Crippen molar-refractivity contribution >= 4 is 74.1 Å². The molecule has 0 spiro atoms. The Morgan fingerprint density at radius 3 is 2.37 bits per heavy atom. The van der Waals surface area contributed by atoms with Crippen LogP contribution in [0.2, 0.25) is 0 Å². The van der Waals surface area contributed by atoms with Crippen LogP contribution in [0.25, 0.3) is 0 Å². The van der Waals surface area contributed by atoms with Crippen molar-refractivity contribution in [1.29, 1.82) is 0 Å². The molecule has 1 rings (SSSR count). The van der Waals surface area contributed by atoms with Gasteiger partial charge in [0.15, 0.2) is 0 Å². The molecule has 19 heavy (non-hydrogen) atoms. The van der Waals surface area contributed by atoms with E-state index in [4.69, 9.17) is 34.8 Å². The van der Waals surface area contributed by atoms with Gasteiger partial charge in [0.1, 0.15) is 0 Å². The molecule has 0 saturated carbocycles. The van der Waals surface area contributed by atoms with Gasteiger partial charge in [0.2, 0.25) is 0 Å². The molecule has 0 heterocycles. The van der Waals surface area contributed by atoms with Crippen LogP contribution >= 0.6 is 50.7 Å². The molecule has 0 aliphatic heterocycles.